The van der Waals surface area contributed by atoms with Gasteiger partial charge in [-0.15, -0.1) is 0 Å². The third kappa shape index (κ3) is 0.888. The van der Waals surface area contributed by atoms with E-state index in [0.717, 1.165) is 17.5 Å². The fraction of sp³-hybridized carbons (Fsp3) is 0.250. The van der Waals surface area contributed by atoms with Gasteiger partial charge in [0.15, 0.2) is 0 Å². The van der Waals surface area contributed by atoms with E-state index in [1.807, 2.05) is 12.3 Å². The molecule has 11 heavy (non-hydrogen) atoms. The summed E-state index contributed by atoms with van der Waals surface area (Å²) in [6.07, 6.45) is 4.58. The Morgan fingerprint density at radius 3 is 3.27 bits per heavy atom. The number of aromatic amines is 1. The maximum atomic E-state index is 4.16. The number of pyridine rings is 1. The van der Waals surface area contributed by atoms with Gasteiger partial charge in [-0.1, -0.05) is 6.92 Å². The van der Waals surface area contributed by atoms with Gasteiger partial charge in [-0.05, 0) is 18.1 Å². The molecule has 0 bridgehead atoms. The molecule has 2 aromatic heterocycles. The number of nitrogens with one attached hydrogen (secondary N) is 1. The maximum Gasteiger partial charge on any atom is 0.108 e. The Morgan fingerprint density at radius 2 is 2.45 bits per heavy atom. The first-order valence-electron chi connectivity index (χ1n) is 3.68. The minimum absolute atomic E-state index is 0.948. The summed E-state index contributed by atoms with van der Waals surface area (Å²) >= 11 is 0. The largest absolute Gasteiger partial charge is 0.276 e. The van der Waals surface area contributed by atoms with Crippen LogP contribution in [0.1, 0.15) is 12.5 Å². The van der Waals surface area contributed by atoms with Gasteiger partial charge in [-0.2, -0.15) is 5.10 Å². The average molecular weight is 147 g/mol. The third-order valence-electron chi connectivity index (χ3n) is 1.81. The van der Waals surface area contributed by atoms with Gasteiger partial charge in [-0.3, -0.25) is 10.1 Å². The predicted molar refractivity (Wildman–Crippen MR) is 43.3 cm³/mol. The molecule has 3 heteroatoms. The van der Waals surface area contributed by atoms with Gasteiger partial charge in [0.25, 0.3) is 0 Å². The summed E-state index contributed by atoms with van der Waals surface area (Å²) in [6, 6.07) is 2.01. The summed E-state index contributed by atoms with van der Waals surface area (Å²) in [5, 5.41) is 6.85. The van der Waals surface area contributed by atoms with Crippen LogP contribution in [0, 0.1) is 0 Å². The van der Waals surface area contributed by atoms with Crippen LogP contribution in [0.3, 0.4) is 0 Å². The number of aromatic nitrogens is 3. The second-order valence-electron chi connectivity index (χ2n) is 2.45. The lowest BCUT2D eigenvalue weighted by molar-refractivity contribution is 1.09. The van der Waals surface area contributed by atoms with Gasteiger partial charge in [0.2, 0.25) is 0 Å². The monoisotopic (exact) mass is 147 g/mol. The maximum absolute atomic E-state index is 4.16. The summed E-state index contributed by atoms with van der Waals surface area (Å²) in [5.41, 5.74) is 3.28. The molecule has 0 atom stereocenters. The molecule has 2 heterocycles. The SMILES string of the molecule is CCc1ccnc2cn[nH]c12. The van der Waals surface area contributed by atoms with E-state index in [4.69, 9.17) is 0 Å². The molecule has 0 fully saturated rings. The number of aryl methyl sites for hydroxylation is 1. The van der Waals surface area contributed by atoms with Crippen LogP contribution >= 0.6 is 0 Å². The lowest BCUT2D eigenvalue weighted by atomic mass is 10.2. The molecule has 0 radical (unpaired) electrons. The van der Waals surface area contributed by atoms with Crippen molar-refractivity contribution >= 4 is 11.0 Å². The van der Waals surface area contributed by atoms with Crippen molar-refractivity contribution in [2.75, 3.05) is 0 Å². The molecule has 0 saturated carbocycles. The van der Waals surface area contributed by atoms with Crippen LogP contribution in [-0.2, 0) is 6.42 Å². The van der Waals surface area contributed by atoms with Crippen LogP contribution in [0.15, 0.2) is 18.5 Å². The Morgan fingerprint density at radius 1 is 1.55 bits per heavy atom. The number of fused-ring (bicyclic) bond motifs is 1. The molecular weight excluding hydrogens is 138 g/mol. The van der Waals surface area contributed by atoms with E-state index in [0.29, 0.717) is 0 Å². The van der Waals surface area contributed by atoms with E-state index in [-0.39, 0.29) is 0 Å². The van der Waals surface area contributed by atoms with Crippen molar-refractivity contribution in [3.05, 3.63) is 24.0 Å². The van der Waals surface area contributed by atoms with Crippen LogP contribution in [0.4, 0.5) is 0 Å². The molecule has 0 spiro atoms. The molecule has 0 aliphatic heterocycles. The van der Waals surface area contributed by atoms with E-state index >= 15 is 0 Å². The Balaban J connectivity index is 2.79. The quantitative estimate of drug-likeness (QED) is 0.664. The van der Waals surface area contributed by atoms with Crippen LogP contribution in [-0.4, -0.2) is 15.2 Å². The average Bonchev–Trinajstić information content (AvgIpc) is 2.50. The zero-order chi connectivity index (χ0) is 7.68. The Kier molecular flexibility index (Phi) is 1.35. The first-order chi connectivity index (χ1) is 5.42. The molecule has 56 valence electrons. The minimum atomic E-state index is 0.948. The van der Waals surface area contributed by atoms with Crippen molar-refractivity contribution in [2.45, 2.75) is 13.3 Å². The van der Waals surface area contributed by atoms with Crippen LogP contribution in [0.25, 0.3) is 11.0 Å². The molecule has 0 aromatic carbocycles. The molecule has 3 nitrogen and oxygen atoms in total. The molecule has 0 unspecified atom stereocenters. The fourth-order valence-corrected chi connectivity index (χ4v) is 1.20. The lowest BCUT2D eigenvalue weighted by Crippen LogP contribution is -1.83. The highest BCUT2D eigenvalue weighted by atomic mass is 15.1. The normalized spacial score (nSPS) is 10.6. The van der Waals surface area contributed by atoms with Crippen molar-refractivity contribution < 1.29 is 0 Å². The molecule has 0 amide bonds. The molecule has 0 aliphatic rings. The van der Waals surface area contributed by atoms with Gasteiger partial charge in [0.05, 0.1) is 11.7 Å². The van der Waals surface area contributed by atoms with E-state index in [2.05, 4.69) is 22.1 Å². The van der Waals surface area contributed by atoms with Crippen LogP contribution in [0.2, 0.25) is 0 Å². The number of nitrogens with zero attached hydrogens (tertiary/aromatic N) is 2. The van der Waals surface area contributed by atoms with Gasteiger partial charge in [-0.25, -0.2) is 0 Å². The highest BCUT2D eigenvalue weighted by molar-refractivity contribution is 5.76. The second kappa shape index (κ2) is 2.34. The minimum Gasteiger partial charge on any atom is -0.276 e. The van der Waals surface area contributed by atoms with Gasteiger partial charge < -0.3 is 0 Å². The second-order valence-corrected chi connectivity index (χ2v) is 2.45. The molecular formula is C8H9N3. The predicted octanol–water partition coefficient (Wildman–Crippen LogP) is 1.52. The first-order valence-corrected chi connectivity index (χ1v) is 3.68. The van der Waals surface area contributed by atoms with Gasteiger partial charge in [0, 0.05) is 6.20 Å². The summed E-state index contributed by atoms with van der Waals surface area (Å²) < 4.78 is 0. The van der Waals surface area contributed by atoms with Crippen molar-refractivity contribution in [3.8, 4) is 0 Å². The third-order valence-corrected chi connectivity index (χ3v) is 1.81. The van der Waals surface area contributed by atoms with Crippen LogP contribution in [0.5, 0.6) is 0 Å². The molecule has 0 saturated heterocycles. The van der Waals surface area contributed by atoms with Crippen molar-refractivity contribution in [1.29, 1.82) is 0 Å². The molecule has 0 aliphatic carbocycles. The standard InChI is InChI=1S/C8H9N3/c1-2-6-3-4-9-7-5-10-11-8(6)7/h3-5H,2H2,1H3,(H,10,11). The molecule has 1 N–H and O–H groups in total. The van der Waals surface area contributed by atoms with E-state index in [1.165, 1.54) is 5.56 Å². The van der Waals surface area contributed by atoms with Crippen molar-refractivity contribution in [2.24, 2.45) is 0 Å². The zero-order valence-corrected chi connectivity index (χ0v) is 6.33. The number of hydrogen-bond acceptors (Lipinski definition) is 2. The van der Waals surface area contributed by atoms with E-state index in [1.54, 1.807) is 6.20 Å². The lowest BCUT2D eigenvalue weighted by Gasteiger charge is -1.95. The number of H-pyrrole nitrogens is 1. The van der Waals surface area contributed by atoms with Crippen molar-refractivity contribution in [1.82, 2.24) is 15.2 Å². The highest BCUT2D eigenvalue weighted by Gasteiger charge is 1.99. The van der Waals surface area contributed by atoms with Crippen molar-refractivity contribution in [3.63, 3.8) is 0 Å². The van der Waals surface area contributed by atoms with Crippen LogP contribution < -0.4 is 0 Å². The first kappa shape index (κ1) is 6.34. The Labute approximate surface area is 64.5 Å². The summed E-state index contributed by atoms with van der Waals surface area (Å²) in [4.78, 5) is 4.16. The van der Waals surface area contributed by atoms with Gasteiger partial charge in [0.1, 0.15) is 5.52 Å². The van der Waals surface area contributed by atoms with Gasteiger partial charge >= 0.3 is 0 Å². The highest BCUT2D eigenvalue weighted by Crippen LogP contribution is 2.12. The topological polar surface area (TPSA) is 41.6 Å². The number of rotatable bonds is 1. The van der Waals surface area contributed by atoms with E-state index < -0.39 is 0 Å². The molecule has 2 rings (SSSR count). The smallest absolute Gasteiger partial charge is 0.108 e. The fourth-order valence-electron chi connectivity index (χ4n) is 1.20. The number of hydrogen-bond donors (Lipinski definition) is 1. The Hall–Kier alpha value is -1.38. The summed E-state index contributed by atoms with van der Waals surface area (Å²) in [7, 11) is 0. The summed E-state index contributed by atoms with van der Waals surface area (Å²) in [5.74, 6) is 0. The summed E-state index contributed by atoms with van der Waals surface area (Å²) in [6.45, 7) is 2.12. The molecule has 2 aromatic rings. The van der Waals surface area contributed by atoms with E-state index in [9.17, 15) is 0 Å². The Bertz CT molecular complexity index is 364. The zero-order valence-electron chi connectivity index (χ0n) is 6.33.